The largest absolute Gasteiger partial charge is 0.480 e. The highest BCUT2D eigenvalue weighted by Crippen LogP contribution is 2.11. The first kappa shape index (κ1) is 27.5. The zero-order valence-electron chi connectivity index (χ0n) is 18.5. The number of carboxylic acids is 3. The number of carbonyl (C=O) groups is 5. The lowest BCUT2D eigenvalue weighted by Crippen LogP contribution is -2.47. The standard InChI is InChI=1S/C20H34N4O8/c1-15(25)3-2-6-21-17(26)5-4-16(20(31)32)24-11-9-22(13-18(27)28)7-8-23(10-12-24)14-19(29)30/h16H,2-14H2,1H3,(H,21,26)(H,27,28)(H,29,30)(H,31,32)/t16-/m1/s1. The molecular formula is C20H34N4O8. The molecule has 1 atom stereocenters. The van der Waals surface area contributed by atoms with Crippen molar-refractivity contribution in [3.63, 3.8) is 0 Å². The molecule has 1 aliphatic rings. The van der Waals surface area contributed by atoms with Crippen LogP contribution in [0.1, 0.15) is 32.6 Å². The Bertz CT molecular complexity index is 644. The predicted molar refractivity (Wildman–Crippen MR) is 113 cm³/mol. The minimum absolute atomic E-state index is 0.00871. The van der Waals surface area contributed by atoms with Crippen LogP contribution in [0.4, 0.5) is 0 Å². The highest BCUT2D eigenvalue weighted by molar-refractivity contribution is 5.78. The van der Waals surface area contributed by atoms with Crippen LogP contribution < -0.4 is 5.32 Å². The summed E-state index contributed by atoms with van der Waals surface area (Å²) in [5, 5.41) is 30.7. The second kappa shape index (κ2) is 14.5. The molecule has 1 heterocycles. The van der Waals surface area contributed by atoms with Crippen molar-refractivity contribution in [2.45, 2.75) is 38.6 Å². The van der Waals surface area contributed by atoms with Gasteiger partial charge in [0.15, 0.2) is 0 Å². The molecule has 0 aromatic heterocycles. The molecule has 1 fully saturated rings. The van der Waals surface area contributed by atoms with Crippen LogP contribution >= 0.6 is 0 Å². The molecule has 1 aliphatic heterocycles. The fourth-order valence-electron chi connectivity index (χ4n) is 3.55. The van der Waals surface area contributed by atoms with Gasteiger partial charge in [0, 0.05) is 58.7 Å². The van der Waals surface area contributed by atoms with E-state index >= 15 is 0 Å². The van der Waals surface area contributed by atoms with E-state index in [4.69, 9.17) is 10.2 Å². The van der Waals surface area contributed by atoms with Crippen molar-refractivity contribution in [3.8, 4) is 0 Å². The Kier molecular flexibility index (Phi) is 12.4. The highest BCUT2D eigenvalue weighted by Gasteiger charge is 2.28. The number of aliphatic carboxylic acids is 3. The van der Waals surface area contributed by atoms with E-state index in [0.29, 0.717) is 45.6 Å². The second-order valence-corrected chi connectivity index (χ2v) is 7.92. The maximum atomic E-state index is 12.1. The van der Waals surface area contributed by atoms with Crippen molar-refractivity contribution >= 4 is 29.6 Å². The summed E-state index contributed by atoms with van der Waals surface area (Å²) < 4.78 is 0. The van der Waals surface area contributed by atoms with E-state index in [1.807, 2.05) is 0 Å². The van der Waals surface area contributed by atoms with Crippen LogP contribution in [0.25, 0.3) is 0 Å². The lowest BCUT2D eigenvalue weighted by molar-refractivity contribution is -0.144. The van der Waals surface area contributed by atoms with Gasteiger partial charge in [-0.2, -0.15) is 0 Å². The Morgan fingerprint density at radius 2 is 1.31 bits per heavy atom. The molecule has 1 saturated heterocycles. The van der Waals surface area contributed by atoms with Gasteiger partial charge < -0.3 is 25.4 Å². The van der Waals surface area contributed by atoms with Crippen molar-refractivity contribution in [2.24, 2.45) is 0 Å². The Balaban J connectivity index is 2.76. The molecule has 0 bridgehead atoms. The fraction of sp³-hybridized carbons (Fsp3) is 0.750. The number of rotatable bonds is 13. The molecule has 0 radical (unpaired) electrons. The van der Waals surface area contributed by atoms with Crippen LogP contribution in [0, 0.1) is 0 Å². The zero-order valence-corrected chi connectivity index (χ0v) is 18.5. The smallest absolute Gasteiger partial charge is 0.320 e. The molecular weight excluding hydrogens is 424 g/mol. The summed E-state index contributed by atoms with van der Waals surface area (Å²) in [7, 11) is 0. The average molecular weight is 459 g/mol. The number of amides is 1. The number of nitrogens with zero attached hydrogens (tertiary/aromatic N) is 3. The van der Waals surface area contributed by atoms with E-state index < -0.39 is 23.9 Å². The number of Topliss-reactive ketones (excluding diaryl/α,β-unsaturated/α-hetero) is 1. The molecule has 0 aliphatic carbocycles. The van der Waals surface area contributed by atoms with Crippen LogP contribution in [0.3, 0.4) is 0 Å². The first-order chi connectivity index (χ1) is 15.1. The van der Waals surface area contributed by atoms with Crippen molar-refractivity contribution < 1.29 is 39.3 Å². The first-order valence-corrected chi connectivity index (χ1v) is 10.7. The summed E-state index contributed by atoms with van der Waals surface area (Å²) in [6.45, 7) is 3.26. The molecule has 182 valence electrons. The molecule has 4 N–H and O–H groups in total. The van der Waals surface area contributed by atoms with Crippen molar-refractivity contribution in [1.82, 2.24) is 20.0 Å². The molecule has 0 aromatic carbocycles. The molecule has 1 amide bonds. The van der Waals surface area contributed by atoms with E-state index in [0.717, 1.165) is 0 Å². The summed E-state index contributed by atoms with van der Waals surface area (Å²) in [4.78, 5) is 62.2. The van der Waals surface area contributed by atoms with Crippen LogP contribution in [0.5, 0.6) is 0 Å². The first-order valence-electron chi connectivity index (χ1n) is 10.7. The lowest BCUT2D eigenvalue weighted by Gasteiger charge is -2.30. The Morgan fingerprint density at radius 3 is 1.75 bits per heavy atom. The molecule has 0 aromatic rings. The third kappa shape index (κ3) is 11.7. The Labute approximate surface area is 187 Å². The van der Waals surface area contributed by atoms with Gasteiger partial charge in [-0.3, -0.25) is 33.9 Å². The van der Waals surface area contributed by atoms with Crippen molar-refractivity contribution in [2.75, 3.05) is 58.9 Å². The van der Waals surface area contributed by atoms with Gasteiger partial charge in [0.05, 0.1) is 13.1 Å². The number of nitrogens with one attached hydrogen (secondary N) is 1. The summed E-state index contributed by atoms with van der Waals surface area (Å²) in [5.74, 6) is -3.40. The molecule has 0 spiro atoms. The van der Waals surface area contributed by atoms with Crippen molar-refractivity contribution in [1.29, 1.82) is 0 Å². The fourth-order valence-corrected chi connectivity index (χ4v) is 3.55. The number of hydrogen-bond donors (Lipinski definition) is 4. The van der Waals surface area contributed by atoms with Gasteiger partial charge in [0.1, 0.15) is 11.8 Å². The van der Waals surface area contributed by atoms with Gasteiger partial charge in [0.25, 0.3) is 0 Å². The number of hydrogen-bond acceptors (Lipinski definition) is 8. The van der Waals surface area contributed by atoms with Gasteiger partial charge in [-0.1, -0.05) is 0 Å². The zero-order chi connectivity index (χ0) is 24.1. The maximum absolute atomic E-state index is 12.1. The number of carboxylic acid groups (broad SMARTS) is 3. The summed E-state index contributed by atoms with van der Waals surface area (Å²) in [5.41, 5.74) is 0. The summed E-state index contributed by atoms with van der Waals surface area (Å²) in [6.07, 6.45) is 0.941. The summed E-state index contributed by atoms with van der Waals surface area (Å²) >= 11 is 0. The van der Waals surface area contributed by atoms with Gasteiger partial charge in [-0.25, -0.2) is 0 Å². The molecule has 0 saturated carbocycles. The third-order valence-corrected chi connectivity index (χ3v) is 5.26. The van der Waals surface area contributed by atoms with Gasteiger partial charge >= 0.3 is 17.9 Å². The maximum Gasteiger partial charge on any atom is 0.320 e. The monoisotopic (exact) mass is 458 g/mol. The van der Waals surface area contributed by atoms with Gasteiger partial charge in [-0.05, 0) is 19.8 Å². The minimum Gasteiger partial charge on any atom is -0.480 e. The summed E-state index contributed by atoms with van der Waals surface area (Å²) in [6, 6.07) is -0.963. The molecule has 12 heteroatoms. The van der Waals surface area contributed by atoms with E-state index in [-0.39, 0.29) is 50.7 Å². The van der Waals surface area contributed by atoms with Gasteiger partial charge in [0.2, 0.25) is 5.91 Å². The van der Waals surface area contributed by atoms with Gasteiger partial charge in [-0.15, -0.1) is 0 Å². The van der Waals surface area contributed by atoms with E-state index in [1.54, 1.807) is 14.7 Å². The van der Waals surface area contributed by atoms with E-state index in [1.165, 1.54) is 6.92 Å². The Morgan fingerprint density at radius 1 is 0.812 bits per heavy atom. The average Bonchev–Trinajstić information content (AvgIpc) is 2.76. The SMILES string of the molecule is CC(=O)CCCNC(=O)CC[C@H](C(=O)O)N1CCN(CC(=O)O)CCN(CC(=O)O)CC1. The highest BCUT2D eigenvalue weighted by atomic mass is 16.4. The molecule has 1 rings (SSSR count). The number of ketones is 1. The minimum atomic E-state index is -1.09. The van der Waals surface area contributed by atoms with E-state index in [2.05, 4.69) is 5.32 Å². The second-order valence-electron chi connectivity index (χ2n) is 7.92. The van der Waals surface area contributed by atoms with Crippen LogP contribution in [-0.4, -0.2) is 125 Å². The number of carbonyl (C=O) groups excluding carboxylic acids is 2. The van der Waals surface area contributed by atoms with Crippen LogP contribution in [0.2, 0.25) is 0 Å². The molecule has 0 unspecified atom stereocenters. The van der Waals surface area contributed by atoms with E-state index in [9.17, 15) is 29.1 Å². The van der Waals surface area contributed by atoms with Crippen LogP contribution in [0.15, 0.2) is 0 Å². The van der Waals surface area contributed by atoms with Crippen LogP contribution in [-0.2, 0) is 24.0 Å². The van der Waals surface area contributed by atoms with Crippen molar-refractivity contribution in [3.05, 3.63) is 0 Å². The quantitative estimate of drug-likeness (QED) is 0.245. The normalized spacial score (nSPS) is 17.5. The molecule has 12 nitrogen and oxygen atoms in total. The topological polar surface area (TPSA) is 168 Å². The predicted octanol–water partition coefficient (Wildman–Crippen LogP) is -1.21. The Hall–Kier alpha value is -2.57. The third-order valence-electron chi connectivity index (χ3n) is 5.26. The molecule has 32 heavy (non-hydrogen) atoms. The lowest BCUT2D eigenvalue weighted by atomic mass is 10.1.